The smallest absolute Gasteiger partial charge is 0.253 e. The van der Waals surface area contributed by atoms with Crippen LogP contribution in [0, 0.1) is 0 Å². The van der Waals surface area contributed by atoms with Gasteiger partial charge in [0.2, 0.25) is 5.91 Å². The largest absolute Gasteiger partial charge is 0.543 e. The van der Waals surface area contributed by atoms with Crippen molar-refractivity contribution >= 4 is 51.7 Å². The lowest BCUT2D eigenvalue weighted by molar-refractivity contribution is -0.387. The SMILES string of the molecule is O=C(Cc1cccs1)NC1C(=O)N2C(C(=O)[O-])=C(Cc3[nH+]ccc4ccccc34)CSC12. The summed E-state index contributed by atoms with van der Waals surface area (Å²) in [6, 6.07) is 12.8. The number of β-lactam (4-membered cyclic amide) rings is 1. The van der Waals surface area contributed by atoms with Gasteiger partial charge in [0.15, 0.2) is 11.9 Å². The number of hydrogen-bond donors (Lipinski definition) is 1. The lowest BCUT2D eigenvalue weighted by atomic mass is 9.98. The number of H-pyrrole nitrogens is 1. The number of aliphatic carboxylic acids is 1. The number of thiophene rings is 1. The maximum atomic E-state index is 12.8. The number of carbonyl (C=O) groups excluding carboxylic acids is 3. The van der Waals surface area contributed by atoms with E-state index in [1.807, 2.05) is 54.0 Å². The molecule has 1 saturated heterocycles. The second kappa shape index (κ2) is 8.40. The van der Waals surface area contributed by atoms with Crippen molar-refractivity contribution in [2.45, 2.75) is 24.3 Å². The van der Waals surface area contributed by atoms with Gasteiger partial charge in [-0.25, -0.2) is 4.98 Å². The van der Waals surface area contributed by atoms with Gasteiger partial charge < -0.3 is 15.2 Å². The van der Waals surface area contributed by atoms with Gasteiger partial charge in [-0.05, 0) is 28.5 Å². The number of rotatable bonds is 6. The lowest BCUT2D eigenvalue weighted by Gasteiger charge is -2.50. The number of carbonyl (C=O) groups is 3. The summed E-state index contributed by atoms with van der Waals surface area (Å²) in [6.45, 7) is 0. The van der Waals surface area contributed by atoms with Gasteiger partial charge in [0.25, 0.3) is 5.91 Å². The van der Waals surface area contributed by atoms with Gasteiger partial charge in [-0.15, -0.1) is 23.1 Å². The van der Waals surface area contributed by atoms with Crippen LogP contribution in [0.1, 0.15) is 10.6 Å². The first kappa shape index (κ1) is 20.7. The van der Waals surface area contributed by atoms with Crippen LogP contribution in [-0.2, 0) is 27.2 Å². The third-order valence-electron chi connectivity index (χ3n) is 5.67. The van der Waals surface area contributed by atoms with Crippen molar-refractivity contribution in [2.24, 2.45) is 0 Å². The van der Waals surface area contributed by atoms with Crippen LogP contribution in [-0.4, -0.2) is 39.9 Å². The maximum Gasteiger partial charge on any atom is 0.253 e. The van der Waals surface area contributed by atoms with Crippen LogP contribution >= 0.6 is 23.1 Å². The van der Waals surface area contributed by atoms with Crippen LogP contribution in [0.5, 0.6) is 0 Å². The number of carboxylic acid groups (broad SMARTS) is 1. The van der Waals surface area contributed by atoms with E-state index in [2.05, 4.69) is 10.3 Å². The highest BCUT2D eigenvalue weighted by Crippen LogP contribution is 2.41. The minimum atomic E-state index is -1.37. The van der Waals surface area contributed by atoms with Crippen LogP contribution in [0.25, 0.3) is 10.8 Å². The van der Waals surface area contributed by atoms with E-state index in [4.69, 9.17) is 0 Å². The summed E-state index contributed by atoms with van der Waals surface area (Å²) in [6.07, 6.45) is 2.39. The molecule has 3 aromatic rings. The number of thioether (sulfide) groups is 1. The highest BCUT2D eigenvalue weighted by Gasteiger charge is 2.52. The molecule has 2 N–H and O–H groups in total. The Bertz CT molecular complexity index is 1250. The lowest BCUT2D eigenvalue weighted by Crippen LogP contribution is -2.71. The molecule has 2 amide bonds. The minimum Gasteiger partial charge on any atom is -0.543 e. The van der Waals surface area contributed by atoms with Crippen molar-refractivity contribution in [3.63, 3.8) is 0 Å². The highest BCUT2D eigenvalue weighted by molar-refractivity contribution is 8.00. The zero-order valence-electron chi connectivity index (χ0n) is 16.9. The summed E-state index contributed by atoms with van der Waals surface area (Å²) in [5.41, 5.74) is 1.42. The Labute approximate surface area is 192 Å². The molecule has 0 bridgehead atoms. The number of aromatic nitrogens is 1. The molecule has 5 rings (SSSR count). The first-order valence-electron chi connectivity index (χ1n) is 10.1. The molecule has 0 radical (unpaired) electrons. The molecule has 2 aromatic heterocycles. The Morgan fingerprint density at radius 1 is 1.19 bits per heavy atom. The summed E-state index contributed by atoms with van der Waals surface area (Å²) >= 11 is 2.93. The normalized spacial score (nSPS) is 20.1. The van der Waals surface area contributed by atoms with Crippen molar-refractivity contribution in [3.8, 4) is 0 Å². The first-order chi connectivity index (χ1) is 15.5. The fourth-order valence-corrected chi connectivity index (χ4v) is 6.24. The van der Waals surface area contributed by atoms with Crippen LogP contribution in [0.15, 0.2) is 65.3 Å². The zero-order valence-corrected chi connectivity index (χ0v) is 18.5. The second-order valence-corrected chi connectivity index (χ2v) is 9.81. The molecule has 1 fully saturated rings. The van der Waals surface area contributed by atoms with Crippen molar-refractivity contribution in [1.82, 2.24) is 10.2 Å². The van der Waals surface area contributed by atoms with E-state index >= 15 is 0 Å². The molecule has 2 unspecified atom stereocenters. The van der Waals surface area contributed by atoms with Crippen molar-refractivity contribution in [2.75, 3.05) is 5.75 Å². The minimum absolute atomic E-state index is 0.0798. The number of nitrogens with zero attached hydrogens (tertiary/aromatic N) is 1. The van der Waals surface area contributed by atoms with Crippen molar-refractivity contribution < 1.29 is 24.5 Å². The van der Waals surface area contributed by atoms with Crippen LogP contribution in [0.2, 0.25) is 0 Å². The third-order valence-corrected chi connectivity index (χ3v) is 7.88. The molecule has 0 aliphatic carbocycles. The molecule has 0 spiro atoms. The van der Waals surface area contributed by atoms with E-state index in [9.17, 15) is 19.5 Å². The molecule has 1 aromatic carbocycles. The predicted octanol–water partition coefficient (Wildman–Crippen LogP) is 0.905. The van der Waals surface area contributed by atoms with E-state index < -0.39 is 23.3 Å². The van der Waals surface area contributed by atoms with Crippen LogP contribution in [0.3, 0.4) is 0 Å². The summed E-state index contributed by atoms with van der Waals surface area (Å²) in [7, 11) is 0. The Hall–Kier alpha value is -3.17. The van der Waals surface area contributed by atoms with Gasteiger partial charge in [-0.3, -0.25) is 14.5 Å². The number of amides is 2. The Morgan fingerprint density at radius 3 is 2.81 bits per heavy atom. The number of aromatic amines is 1. The van der Waals surface area contributed by atoms with E-state index in [0.29, 0.717) is 17.7 Å². The highest BCUT2D eigenvalue weighted by atomic mass is 32.2. The summed E-state index contributed by atoms with van der Waals surface area (Å²) in [4.78, 5) is 42.6. The second-order valence-electron chi connectivity index (χ2n) is 7.67. The first-order valence-corrected chi connectivity index (χ1v) is 12.0. The van der Waals surface area contributed by atoms with Crippen molar-refractivity contribution in [1.29, 1.82) is 0 Å². The predicted molar refractivity (Wildman–Crippen MR) is 119 cm³/mol. The van der Waals surface area contributed by atoms with E-state index in [1.165, 1.54) is 28.0 Å². The molecule has 2 atom stereocenters. The van der Waals surface area contributed by atoms with Gasteiger partial charge in [0.05, 0.1) is 24.5 Å². The fraction of sp³-hybridized carbons (Fsp3) is 0.217. The average molecular weight is 466 g/mol. The summed E-state index contributed by atoms with van der Waals surface area (Å²) in [5.74, 6) is -1.60. The molecule has 9 heteroatoms. The monoisotopic (exact) mass is 465 g/mol. The van der Waals surface area contributed by atoms with Gasteiger partial charge >= 0.3 is 0 Å². The molecule has 2 aliphatic heterocycles. The maximum absolute atomic E-state index is 12.8. The summed E-state index contributed by atoms with van der Waals surface area (Å²) < 4.78 is 0. The molecule has 0 saturated carbocycles. The van der Waals surface area contributed by atoms with Crippen LogP contribution in [0.4, 0.5) is 0 Å². The number of hydrogen-bond acceptors (Lipinski definition) is 6. The van der Waals surface area contributed by atoms with E-state index in [-0.39, 0.29) is 18.0 Å². The molecular formula is C23H19N3O4S2. The number of fused-ring (bicyclic) bond motifs is 2. The molecular weight excluding hydrogens is 446 g/mol. The molecule has 2 aliphatic rings. The van der Waals surface area contributed by atoms with Gasteiger partial charge in [0.1, 0.15) is 11.4 Å². The summed E-state index contributed by atoms with van der Waals surface area (Å²) in [5, 5.41) is 18.3. The topological polar surface area (TPSA) is 104 Å². The van der Waals surface area contributed by atoms with Gasteiger partial charge in [0, 0.05) is 22.1 Å². The molecule has 7 nitrogen and oxygen atoms in total. The van der Waals surface area contributed by atoms with Crippen LogP contribution < -0.4 is 15.4 Å². The quantitative estimate of drug-likeness (QED) is 0.545. The Kier molecular flexibility index (Phi) is 5.44. The van der Waals surface area contributed by atoms with E-state index in [1.54, 1.807) is 0 Å². The fourth-order valence-electron chi connectivity index (χ4n) is 4.19. The van der Waals surface area contributed by atoms with Crippen molar-refractivity contribution in [3.05, 3.63) is 75.9 Å². The van der Waals surface area contributed by atoms with Gasteiger partial charge in [-0.2, -0.15) is 0 Å². The molecule has 162 valence electrons. The molecule has 4 heterocycles. The number of benzene rings is 1. The third kappa shape index (κ3) is 3.67. The average Bonchev–Trinajstić information content (AvgIpc) is 3.30. The zero-order chi connectivity index (χ0) is 22.2. The Morgan fingerprint density at radius 2 is 2.03 bits per heavy atom. The molecule has 32 heavy (non-hydrogen) atoms. The number of pyridine rings is 1. The standard InChI is InChI=1S/C23H19N3O4S2/c27-18(11-15-5-3-9-31-15)25-19-21(28)26-20(23(29)30)14(12-32-22(19)26)10-17-16-6-2-1-4-13(16)7-8-24-17/h1-9,19,22H,10-12H2,(H,25,27)(H,29,30). The number of carboxylic acids is 1. The number of nitrogens with one attached hydrogen (secondary N) is 2. The van der Waals surface area contributed by atoms with E-state index in [0.717, 1.165) is 21.3 Å². The van der Waals surface area contributed by atoms with Gasteiger partial charge in [-0.1, -0.05) is 24.3 Å². The Balaban J connectivity index is 1.37.